The molecule has 1 heterocycles. The molecule has 1 atom stereocenters. The van der Waals surface area contributed by atoms with Crippen LogP contribution in [-0.4, -0.2) is 44.7 Å². The molecule has 0 radical (unpaired) electrons. The number of sulfone groups is 1. The van der Waals surface area contributed by atoms with Crippen LogP contribution in [-0.2, 0) is 21.1 Å². The Hall–Kier alpha value is -2.34. The van der Waals surface area contributed by atoms with Crippen molar-refractivity contribution in [2.75, 3.05) is 20.2 Å². The lowest BCUT2D eigenvalue weighted by Gasteiger charge is -2.17. The maximum Gasteiger partial charge on any atom is 0.222 e. The van der Waals surface area contributed by atoms with Gasteiger partial charge in [0, 0.05) is 19.5 Å². The molecule has 1 aliphatic heterocycles. The third kappa shape index (κ3) is 4.07. The second-order valence-electron chi connectivity index (χ2n) is 6.46. The third-order valence-corrected chi connectivity index (χ3v) is 6.99. The van der Waals surface area contributed by atoms with Crippen LogP contribution in [0.25, 0.3) is 0 Å². The van der Waals surface area contributed by atoms with Crippen LogP contribution in [0.4, 0.5) is 0 Å². The Morgan fingerprint density at radius 1 is 1.12 bits per heavy atom. The summed E-state index contributed by atoms with van der Waals surface area (Å²) in [5.74, 6) is 0.792. The smallest absolute Gasteiger partial charge is 0.222 e. The number of ether oxygens (including phenoxy) is 1. The van der Waals surface area contributed by atoms with E-state index in [1.54, 1.807) is 42.3 Å². The molecule has 0 aliphatic carbocycles. The van der Waals surface area contributed by atoms with Crippen molar-refractivity contribution in [1.29, 1.82) is 0 Å². The van der Waals surface area contributed by atoms with Crippen LogP contribution in [0.1, 0.15) is 18.4 Å². The number of nitrogens with zero attached hydrogens (tertiary/aromatic N) is 1. The Bertz CT molecular complexity index is 847. The van der Waals surface area contributed by atoms with Crippen molar-refractivity contribution >= 4 is 15.7 Å². The van der Waals surface area contributed by atoms with Crippen LogP contribution < -0.4 is 4.74 Å². The first kappa shape index (κ1) is 18.5. The van der Waals surface area contributed by atoms with Gasteiger partial charge in [0.15, 0.2) is 9.84 Å². The van der Waals surface area contributed by atoms with E-state index in [1.165, 1.54) is 0 Å². The fraction of sp³-hybridized carbons (Fsp3) is 0.350. The van der Waals surface area contributed by atoms with Gasteiger partial charge in [-0.05, 0) is 42.7 Å². The van der Waals surface area contributed by atoms with Crippen molar-refractivity contribution in [2.45, 2.75) is 29.4 Å². The maximum absolute atomic E-state index is 12.7. The minimum absolute atomic E-state index is 0.00609. The van der Waals surface area contributed by atoms with Gasteiger partial charge in [-0.2, -0.15) is 0 Å². The SMILES string of the molecule is COc1ccc(CCC(=O)N2CCC(S(=O)(=O)c3ccccc3)C2)cc1. The van der Waals surface area contributed by atoms with Gasteiger partial charge in [-0.25, -0.2) is 8.42 Å². The van der Waals surface area contributed by atoms with Crippen molar-refractivity contribution in [3.05, 3.63) is 60.2 Å². The first-order valence-electron chi connectivity index (χ1n) is 8.70. The molecular formula is C20H23NO4S. The van der Waals surface area contributed by atoms with E-state index in [2.05, 4.69) is 0 Å². The van der Waals surface area contributed by atoms with Crippen LogP contribution in [0.2, 0.25) is 0 Å². The summed E-state index contributed by atoms with van der Waals surface area (Å²) in [4.78, 5) is 14.5. The normalized spacial score (nSPS) is 17.3. The molecule has 1 amide bonds. The lowest BCUT2D eigenvalue weighted by molar-refractivity contribution is -0.130. The number of methoxy groups -OCH3 is 1. The van der Waals surface area contributed by atoms with Crippen LogP contribution in [0.15, 0.2) is 59.5 Å². The van der Waals surface area contributed by atoms with Gasteiger partial charge in [-0.15, -0.1) is 0 Å². The molecule has 0 N–H and O–H groups in total. The summed E-state index contributed by atoms with van der Waals surface area (Å²) >= 11 is 0. The van der Waals surface area contributed by atoms with Gasteiger partial charge in [0.25, 0.3) is 0 Å². The van der Waals surface area contributed by atoms with Crippen LogP contribution in [0.5, 0.6) is 5.75 Å². The minimum Gasteiger partial charge on any atom is -0.497 e. The molecule has 0 spiro atoms. The largest absolute Gasteiger partial charge is 0.497 e. The Kier molecular flexibility index (Phi) is 5.61. The molecular weight excluding hydrogens is 350 g/mol. The van der Waals surface area contributed by atoms with Gasteiger partial charge in [0.1, 0.15) is 5.75 Å². The summed E-state index contributed by atoms with van der Waals surface area (Å²) in [6, 6.07) is 16.1. The van der Waals surface area contributed by atoms with Crippen molar-refractivity contribution in [3.63, 3.8) is 0 Å². The summed E-state index contributed by atoms with van der Waals surface area (Å²) in [6.07, 6.45) is 1.51. The standard InChI is InChI=1S/C20H23NO4S/c1-25-17-10-7-16(8-11-17)9-12-20(22)21-14-13-19(15-21)26(23,24)18-5-3-2-4-6-18/h2-8,10-11,19H,9,12-15H2,1H3. The Labute approximate surface area is 154 Å². The molecule has 2 aromatic carbocycles. The van der Waals surface area contributed by atoms with Crippen molar-refractivity contribution in [3.8, 4) is 5.75 Å². The highest BCUT2D eigenvalue weighted by Crippen LogP contribution is 2.24. The Balaban J connectivity index is 1.57. The number of aryl methyl sites for hydroxylation is 1. The number of rotatable bonds is 6. The zero-order valence-electron chi connectivity index (χ0n) is 14.8. The second kappa shape index (κ2) is 7.91. The number of likely N-dealkylation sites (tertiary alicyclic amines) is 1. The highest BCUT2D eigenvalue weighted by Gasteiger charge is 2.35. The van der Waals surface area contributed by atoms with Gasteiger partial charge in [0.05, 0.1) is 17.3 Å². The molecule has 3 rings (SSSR count). The van der Waals surface area contributed by atoms with E-state index in [9.17, 15) is 13.2 Å². The Morgan fingerprint density at radius 2 is 1.81 bits per heavy atom. The lowest BCUT2D eigenvalue weighted by atomic mass is 10.1. The van der Waals surface area contributed by atoms with E-state index >= 15 is 0 Å². The van der Waals surface area contributed by atoms with Crippen molar-refractivity contribution in [1.82, 2.24) is 4.90 Å². The first-order valence-corrected chi connectivity index (χ1v) is 10.2. The molecule has 0 aromatic heterocycles. The number of carbonyl (C=O) groups excluding carboxylic acids is 1. The van der Waals surface area contributed by atoms with Gasteiger partial charge in [-0.1, -0.05) is 30.3 Å². The quantitative estimate of drug-likeness (QED) is 0.781. The zero-order chi connectivity index (χ0) is 18.6. The van der Waals surface area contributed by atoms with Gasteiger partial charge in [0.2, 0.25) is 5.91 Å². The molecule has 2 aromatic rings. The molecule has 1 saturated heterocycles. The monoisotopic (exact) mass is 373 g/mol. The highest BCUT2D eigenvalue weighted by molar-refractivity contribution is 7.92. The number of benzene rings is 2. The number of amides is 1. The number of carbonyl (C=O) groups is 1. The summed E-state index contributed by atoms with van der Waals surface area (Å²) in [7, 11) is -1.77. The van der Waals surface area contributed by atoms with Gasteiger partial charge >= 0.3 is 0 Å². The van der Waals surface area contributed by atoms with E-state index in [-0.39, 0.29) is 12.5 Å². The van der Waals surface area contributed by atoms with Crippen molar-refractivity contribution in [2.24, 2.45) is 0 Å². The number of hydrogen-bond donors (Lipinski definition) is 0. The average Bonchev–Trinajstić information content (AvgIpc) is 3.18. The molecule has 1 aliphatic rings. The predicted molar refractivity (Wildman–Crippen MR) is 99.9 cm³/mol. The molecule has 26 heavy (non-hydrogen) atoms. The van der Waals surface area contributed by atoms with Crippen LogP contribution in [0.3, 0.4) is 0 Å². The fourth-order valence-corrected chi connectivity index (χ4v) is 4.93. The molecule has 1 unspecified atom stereocenters. The van der Waals surface area contributed by atoms with Gasteiger partial charge in [-0.3, -0.25) is 4.79 Å². The van der Waals surface area contributed by atoms with Crippen LogP contribution >= 0.6 is 0 Å². The molecule has 1 fully saturated rings. The lowest BCUT2D eigenvalue weighted by Crippen LogP contribution is -2.32. The van der Waals surface area contributed by atoms with Crippen LogP contribution in [0, 0.1) is 0 Å². The third-order valence-electron chi connectivity index (χ3n) is 4.79. The molecule has 0 saturated carbocycles. The zero-order valence-corrected chi connectivity index (χ0v) is 15.6. The summed E-state index contributed by atoms with van der Waals surface area (Å²) in [5.41, 5.74) is 1.06. The summed E-state index contributed by atoms with van der Waals surface area (Å²) < 4.78 is 30.5. The fourth-order valence-electron chi connectivity index (χ4n) is 3.21. The van der Waals surface area contributed by atoms with E-state index in [1.807, 2.05) is 24.3 Å². The van der Waals surface area contributed by atoms with E-state index < -0.39 is 15.1 Å². The number of hydrogen-bond acceptors (Lipinski definition) is 4. The first-order chi connectivity index (χ1) is 12.5. The summed E-state index contributed by atoms with van der Waals surface area (Å²) in [5, 5.41) is -0.519. The summed E-state index contributed by atoms with van der Waals surface area (Å²) in [6.45, 7) is 0.775. The minimum atomic E-state index is -3.39. The molecule has 5 nitrogen and oxygen atoms in total. The molecule has 6 heteroatoms. The topological polar surface area (TPSA) is 63.7 Å². The van der Waals surface area contributed by atoms with E-state index in [0.717, 1.165) is 11.3 Å². The second-order valence-corrected chi connectivity index (χ2v) is 8.68. The van der Waals surface area contributed by atoms with E-state index in [0.29, 0.717) is 30.7 Å². The maximum atomic E-state index is 12.7. The predicted octanol–water partition coefficient (Wildman–Crippen LogP) is 2.70. The highest BCUT2D eigenvalue weighted by atomic mass is 32.2. The Morgan fingerprint density at radius 3 is 2.46 bits per heavy atom. The average molecular weight is 373 g/mol. The molecule has 138 valence electrons. The molecule has 0 bridgehead atoms. The van der Waals surface area contributed by atoms with E-state index in [4.69, 9.17) is 4.74 Å². The van der Waals surface area contributed by atoms with Crippen molar-refractivity contribution < 1.29 is 17.9 Å². The van der Waals surface area contributed by atoms with Gasteiger partial charge < -0.3 is 9.64 Å².